The lowest BCUT2D eigenvalue weighted by atomic mass is 10.3. The van der Waals surface area contributed by atoms with Gasteiger partial charge in [-0.3, -0.25) is 0 Å². The first kappa shape index (κ1) is 11.3. The Labute approximate surface area is 93.2 Å². The lowest BCUT2D eigenvalue weighted by Crippen LogP contribution is -2.29. The molecule has 0 saturated heterocycles. The van der Waals surface area contributed by atoms with Crippen LogP contribution in [0.5, 0.6) is 5.88 Å². The van der Waals surface area contributed by atoms with Gasteiger partial charge in [0.2, 0.25) is 5.88 Å². The first-order chi connectivity index (χ1) is 6.69. The Morgan fingerprint density at radius 1 is 1.64 bits per heavy atom. The van der Waals surface area contributed by atoms with Gasteiger partial charge in [0.15, 0.2) is 0 Å². The third-order valence-corrected chi connectivity index (χ3v) is 3.16. The standard InChI is InChI=1S/C10H15BrN2O/c1-8(7-11)13(2)9-4-5-12-10(6-9)14-3/h4-6,8H,7H2,1-3H3. The van der Waals surface area contributed by atoms with Crippen molar-refractivity contribution in [2.24, 2.45) is 0 Å². The van der Waals surface area contributed by atoms with E-state index in [1.807, 2.05) is 12.1 Å². The van der Waals surface area contributed by atoms with Crippen LogP contribution in [0.3, 0.4) is 0 Å². The fourth-order valence-corrected chi connectivity index (χ4v) is 1.52. The highest BCUT2D eigenvalue weighted by molar-refractivity contribution is 9.09. The molecule has 1 aromatic heterocycles. The molecule has 0 saturated carbocycles. The van der Waals surface area contributed by atoms with Crippen LogP contribution in [0, 0.1) is 0 Å². The summed E-state index contributed by atoms with van der Waals surface area (Å²) in [5, 5.41) is 0.939. The molecule has 0 amide bonds. The van der Waals surface area contributed by atoms with Crippen LogP contribution in [0.4, 0.5) is 5.69 Å². The van der Waals surface area contributed by atoms with Crippen molar-refractivity contribution >= 4 is 21.6 Å². The molecule has 0 spiro atoms. The first-order valence-electron chi connectivity index (χ1n) is 4.48. The molecule has 0 aliphatic heterocycles. The number of rotatable bonds is 4. The van der Waals surface area contributed by atoms with Gasteiger partial charge in [0.1, 0.15) is 0 Å². The highest BCUT2D eigenvalue weighted by Gasteiger charge is 2.09. The normalized spacial score (nSPS) is 12.3. The summed E-state index contributed by atoms with van der Waals surface area (Å²) in [6.07, 6.45) is 1.76. The summed E-state index contributed by atoms with van der Waals surface area (Å²) in [5.74, 6) is 0.649. The highest BCUT2D eigenvalue weighted by atomic mass is 79.9. The minimum Gasteiger partial charge on any atom is -0.481 e. The Kier molecular flexibility index (Phi) is 4.20. The zero-order chi connectivity index (χ0) is 10.6. The molecule has 0 radical (unpaired) electrons. The molecule has 1 aromatic rings. The van der Waals surface area contributed by atoms with E-state index in [0.29, 0.717) is 11.9 Å². The van der Waals surface area contributed by atoms with E-state index in [1.165, 1.54) is 0 Å². The molecule has 0 N–H and O–H groups in total. The fourth-order valence-electron chi connectivity index (χ4n) is 1.09. The molecule has 78 valence electrons. The third-order valence-electron chi connectivity index (χ3n) is 2.22. The largest absolute Gasteiger partial charge is 0.481 e. The van der Waals surface area contributed by atoms with Crippen molar-refractivity contribution < 1.29 is 4.74 Å². The molecule has 0 aliphatic carbocycles. The summed E-state index contributed by atoms with van der Waals surface area (Å²) in [5.41, 5.74) is 1.11. The predicted octanol–water partition coefficient (Wildman–Crippen LogP) is 2.31. The van der Waals surface area contributed by atoms with Crippen molar-refractivity contribution in [1.82, 2.24) is 4.98 Å². The maximum atomic E-state index is 5.07. The molecule has 0 aromatic carbocycles. The van der Waals surface area contributed by atoms with E-state index in [2.05, 4.69) is 39.8 Å². The average Bonchev–Trinajstić information content (AvgIpc) is 2.27. The van der Waals surface area contributed by atoms with Gasteiger partial charge >= 0.3 is 0 Å². The van der Waals surface area contributed by atoms with Gasteiger partial charge in [-0.1, -0.05) is 15.9 Å². The molecular weight excluding hydrogens is 244 g/mol. The molecule has 1 rings (SSSR count). The Morgan fingerprint density at radius 3 is 2.93 bits per heavy atom. The Hall–Kier alpha value is -0.770. The number of alkyl halides is 1. The van der Waals surface area contributed by atoms with Gasteiger partial charge in [-0.15, -0.1) is 0 Å². The first-order valence-corrected chi connectivity index (χ1v) is 5.60. The lowest BCUT2D eigenvalue weighted by Gasteiger charge is -2.25. The minimum absolute atomic E-state index is 0.446. The molecule has 14 heavy (non-hydrogen) atoms. The second-order valence-corrected chi connectivity index (χ2v) is 3.82. The minimum atomic E-state index is 0.446. The van der Waals surface area contributed by atoms with Crippen LogP contribution in [0.25, 0.3) is 0 Å². The summed E-state index contributed by atoms with van der Waals surface area (Å²) >= 11 is 3.46. The van der Waals surface area contributed by atoms with Crippen molar-refractivity contribution in [3.63, 3.8) is 0 Å². The number of hydrogen-bond donors (Lipinski definition) is 0. The van der Waals surface area contributed by atoms with Crippen molar-refractivity contribution in [2.45, 2.75) is 13.0 Å². The van der Waals surface area contributed by atoms with Gasteiger partial charge in [-0.05, 0) is 13.0 Å². The predicted molar refractivity (Wildman–Crippen MR) is 62.4 cm³/mol. The number of ether oxygens (including phenoxy) is 1. The van der Waals surface area contributed by atoms with Crippen molar-refractivity contribution in [2.75, 3.05) is 24.4 Å². The quantitative estimate of drug-likeness (QED) is 0.776. The number of methoxy groups -OCH3 is 1. The topological polar surface area (TPSA) is 25.4 Å². The van der Waals surface area contributed by atoms with Crippen LogP contribution in [0.1, 0.15) is 6.92 Å². The molecule has 0 bridgehead atoms. The number of hydrogen-bond acceptors (Lipinski definition) is 3. The summed E-state index contributed by atoms with van der Waals surface area (Å²) in [6, 6.07) is 4.35. The maximum absolute atomic E-state index is 5.07. The Balaban J connectivity index is 2.83. The summed E-state index contributed by atoms with van der Waals surface area (Å²) in [4.78, 5) is 6.24. The van der Waals surface area contributed by atoms with Gasteiger partial charge in [0, 0.05) is 36.4 Å². The molecule has 4 heteroatoms. The van der Waals surface area contributed by atoms with Gasteiger partial charge in [0.25, 0.3) is 0 Å². The zero-order valence-corrected chi connectivity index (χ0v) is 10.3. The second kappa shape index (κ2) is 5.20. The third kappa shape index (κ3) is 2.61. The monoisotopic (exact) mass is 258 g/mol. The van der Waals surface area contributed by atoms with Crippen molar-refractivity contribution in [1.29, 1.82) is 0 Å². The van der Waals surface area contributed by atoms with Gasteiger partial charge < -0.3 is 9.64 Å². The van der Waals surface area contributed by atoms with Crippen LogP contribution in [0.2, 0.25) is 0 Å². The maximum Gasteiger partial charge on any atom is 0.214 e. The number of anilines is 1. The zero-order valence-electron chi connectivity index (χ0n) is 8.70. The molecule has 1 unspecified atom stereocenters. The van der Waals surface area contributed by atoms with Gasteiger partial charge in [-0.2, -0.15) is 0 Å². The van der Waals surface area contributed by atoms with E-state index in [1.54, 1.807) is 13.3 Å². The van der Waals surface area contributed by atoms with E-state index in [0.717, 1.165) is 11.0 Å². The average molecular weight is 259 g/mol. The van der Waals surface area contributed by atoms with E-state index in [4.69, 9.17) is 4.74 Å². The van der Waals surface area contributed by atoms with Crippen molar-refractivity contribution in [3.05, 3.63) is 18.3 Å². The van der Waals surface area contributed by atoms with Crippen LogP contribution in [-0.4, -0.2) is 30.5 Å². The smallest absolute Gasteiger partial charge is 0.214 e. The van der Waals surface area contributed by atoms with Crippen molar-refractivity contribution in [3.8, 4) is 5.88 Å². The molecule has 0 aliphatic rings. The summed E-state index contributed by atoms with van der Waals surface area (Å²) < 4.78 is 5.07. The van der Waals surface area contributed by atoms with E-state index in [-0.39, 0.29) is 0 Å². The van der Waals surface area contributed by atoms with Gasteiger partial charge in [-0.25, -0.2) is 4.98 Å². The van der Waals surface area contributed by atoms with Crippen LogP contribution in [-0.2, 0) is 0 Å². The van der Waals surface area contributed by atoms with Crippen LogP contribution in [0.15, 0.2) is 18.3 Å². The van der Waals surface area contributed by atoms with E-state index in [9.17, 15) is 0 Å². The number of aromatic nitrogens is 1. The SMILES string of the molecule is COc1cc(N(C)C(C)CBr)ccn1. The molecular formula is C10H15BrN2O. The summed E-state index contributed by atoms with van der Waals surface area (Å²) in [7, 11) is 3.68. The van der Waals surface area contributed by atoms with Gasteiger partial charge in [0.05, 0.1) is 7.11 Å². The number of halogens is 1. The van der Waals surface area contributed by atoms with E-state index >= 15 is 0 Å². The fraction of sp³-hybridized carbons (Fsp3) is 0.500. The molecule has 3 nitrogen and oxygen atoms in total. The van der Waals surface area contributed by atoms with Crippen LogP contribution < -0.4 is 9.64 Å². The Bertz CT molecular complexity index is 293. The second-order valence-electron chi connectivity index (χ2n) is 3.17. The Morgan fingerprint density at radius 2 is 2.36 bits per heavy atom. The summed E-state index contributed by atoms with van der Waals surface area (Å²) in [6.45, 7) is 2.15. The molecule has 0 fully saturated rings. The highest BCUT2D eigenvalue weighted by Crippen LogP contribution is 2.19. The number of pyridine rings is 1. The molecule has 1 heterocycles. The van der Waals surface area contributed by atoms with Crippen LogP contribution >= 0.6 is 15.9 Å². The lowest BCUT2D eigenvalue weighted by molar-refractivity contribution is 0.398. The van der Waals surface area contributed by atoms with E-state index < -0.39 is 0 Å². The number of nitrogens with zero attached hydrogens (tertiary/aromatic N) is 2. The molecule has 1 atom stereocenters.